The van der Waals surface area contributed by atoms with Crippen LogP contribution in [0.5, 0.6) is 0 Å². The number of nitrogens with two attached hydrogens (primary N) is 1. The quantitative estimate of drug-likeness (QED) is 0.509. The maximum absolute atomic E-state index is 11.6. The van der Waals surface area contributed by atoms with E-state index >= 15 is 0 Å². The fourth-order valence-electron chi connectivity index (χ4n) is 1.20. The Morgan fingerprint density at radius 1 is 1.76 bits per heavy atom. The van der Waals surface area contributed by atoms with Gasteiger partial charge in [-0.25, -0.2) is 0 Å². The van der Waals surface area contributed by atoms with Crippen LogP contribution in [-0.4, -0.2) is 58.9 Å². The van der Waals surface area contributed by atoms with Gasteiger partial charge in [-0.05, 0) is 0 Å². The molecule has 0 aliphatic heterocycles. The van der Waals surface area contributed by atoms with Crippen molar-refractivity contribution >= 4 is 5.91 Å². The van der Waals surface area contributed by atoms with Crippen LogP contribution in [0, 0.1) is 0 Å². The number of aliphatic hydroxyl groups is 1. The zero-order valence-electron chi connectivity index (χ0n) is 9.67. The summed E-state index contributed by atoms with van der Waals surface area (Å²) < 4.78 is 6.22. The molecular formula is C9H17N5O3. The molecule has 0 aliphatic rings. The van der Waals surface area contributed by atoms with Crippen LogP contribution >= 0.6 is 0 Å². The van der Waals surface area contributed by atoms with Crippen molar-refractivity contribution in [3.05, 3.63) is 11.9 Å². The molecule has 1 amide bonds. The second-order valence-electron chi connectivity index (χ2n) is 3.47. The highest BCUT2D eigenvalue weighted by atomic mass is 16.5. The molecular weight excluding hydrogens is 226 g/mol. The van der Waals surface area contributed by atoms with Crippen LogP contribution in [0.4, 0.5) is 0 Å². The molecule has 8 heteroatoms. The lowest BCUT2D eigenvalue weighted by molar-refractivity contribution is 0.0608. The highest BCUT2D eigenvalue weighted by Crippen LogP contribution is 1.93. The molecule has 0 radical (unpaired) electrons. The Hall–Kier alpha value is -1.51. The minimum Gasteiger partial charge on any atom is -0.389 e. The minimum absolute atomic E-state index is 0.108. The summed E-state index contributed by atoms with van der Waals surface area (Å²) in [5, 5.41) is 19.3. The molecule has 0 aliphatic carbocycles. The van der Waals surface area contributed by atoms with Gasteiger partial charge in [-0.2, -0.15) is 0 Å². The Balaban J connectivity index is 2.40. The second-order valence-corrected chi connectivity index (χ2v) is 3.47. The Morgan fingerprint density at radius 3 is 3.18 bits per heavy atom. The number of rotatable bonds is 7. The first kappa shape index (κ1) is 13.6. The number of aromatic nitrogens is 3. The van der Waals surface area contributed by atoms with E-state index in [2.05, 4.69) is 15.6 Å². The normalized spacial score (nSPS) is 12.4. The zero-order valence-corrected chi connectivity index (χ0v) is 9.67. The van der Waals surface area contributed by atoms with Gasteiger partial charge in [0, 0.05) is 20.2 Å². The predicted octanol–water partition coefficient (Wildman–Crippen LogP) is -2.03. The van der Waals surface area contributed by atoms with E-state index in [0.29, 0.717) is 13.1 Å². The fourth-order valence-corrected chi connectivity index (χ4v) is 1.20. The third kappa shape index (κ3) is 4.47. The van der Waals surface area contributed by atoms with Gasteiger partial charge in [0.1, 0.15) is 0 Å². The number of ether oxygens (including phenoxy) is 1. The Labute approximate surface area is 98.7 Å². The monoisotopic (exact) mass is 243 g/mol. The average Bonchev–Trinajstić information content (AvgIpc) is 2.75. The summed E-state index contributed by atoms with van der Waals surface area (Å²) in [5.41, 5.74) is 5.54. The summed E-state index contributed by atoms with van der Waals surface area (Å²) in [4.78, 5) is 11.6. The van der Waals surface area contributed by atoms with Crippen LogP contribution in [-0.2, 0) is 11.3 Å². The van der Waals surface area contributed by atoms with Crippen molar-refractivity contribution < 1.29 is 14.6 Å². The van der Waals surface area contributed by atoms with E-state index in [9.17, 15) is 9.90 Å². The lowest BCUT2D eigenvalue weighted by atomic mass is 10.3. The van der Waals surface area contributed by atoms with Gasteiger partial charge in [0.2, 0.25) is 0 Å². The van der Waals surface area contributed by atoms with Crippen molar-refractivity contribution in [2.75, 3.05) is 26.8 Å². The maximum atomic E-state index is 11.6. The SMILES string of the molecule is COCC(O)CNC(=O)c1cn(CCN)nn1. The molecule has 17 heavy (non-hydrogen) atoms. The van der Waals surface area contributed by atoms with Gasteiger partial charge in [-0.1, -0.05) is 5.21 Å². The highest BCUT2D eigenvalue weighted by molar-refractivity contribution is 5.91. The largest absolute Gasteiger partial charge is 0.389 e. The van der Waals surface area contributed by atoms with Crippen LogP contribution in [0.25, 0.3) is 0 Å². The molecule has 1 rings (SSSR count). The Bertz CT molecular complexity index is 354. The number of nitrogens with one attached hydrogen (secondary N) is 1. The fraction of sp³-hybridized carbons (Fsp3) is 0.667. The molecule has 1 atom stereocenters. The van der Waals surface area contributed by atoms with Crippen molar-refractivity contribution in [3.8, 4) is 0 Å². The average molecular weight is 243 g/mol. The number of carbonyl (C=O) groups excluding carboxylic acids is 1. The van der Waals surface area contributed by atoms with E-state index in [1.54, 1.807) is 0 Å². The molecule has 8 nitrogen and oxygen atoms in total. The van der Waals surface area contributed by atoms with E-state index < -0.39 is 6.10 Å². The first-order valence-corrected chi connectivity index (χ1v) is 5.22. The van der Waals surface area contributed by atoms with Crippen LogP contribution in [0.1, 0.15) is 10.5 Å². The smallest absolute Gasteiger partial charge is 0.273 e. The molecule has 1 aromatic heterocycles. The summed E-state index contributed by atoms with van der Waals surface area (Å²) in [7, 11) is 1.48. The molecule has 96 valence electrons. The van der Waals surface area contributed by atoms with E-state index in [4.69, 9.17) is 10.5 Å². The van der Waals surface area contributed by atoms with Gasteiger partial charge in [0.15, 0.2) is 5.69 Å². The number of aliphatic hydroxyl groups excluding tert-OH is 1. The van der Waals surface area contributed by atoms with Gasteiger partial charge < -0.3 is 20.9 Å². The zero-order chi connectivity index (χ0) is 12.7. The second kappa shape index (κ2) is 6.94. The number of amides is 1. The summed E-state index contributed by atoms with van der Waals surface area (Å²) in [6.45, 7) is 1.21. The lowest BCUT2D eigenvalue weighted by Crippen LogP contribution is -2.34. The van der Waals surface area contributed by atoms with Crippen LogP contribution in [0.15, 0.2) is 6.20 Å². The first-order chi connectivity index (χ1) is 8.17. The minimum atomic E-state index is -0.733. The molecule has 1 heterocycles. The molecule has 0 bridgehead atoms. The molecule has 0 saturated carbocycles. The molecule has 0 aromatic carbocycles. The molecule has 0 saturated heterocycles. The Kier molecular flexibility index (Phi) is 5.53. The first-order valence-electron chi connectivity index (χ1n) is 5.22. The Morgan fingerprint density at radius 2 is 2.53 bits per heavy atom. The molecule has 0 spiro atoms. The maximum Gasteiger partial charge on any atom is 0.273 e. The van der Waals surface area contributed by atoms with Crippen molar-refractivity contribution in [2.45, 2.75) is 12.6 Å². The topological polar surface area (TPSA) is 115 Å². The standard InChI is InChI=1S/C9H17N5O3/c1-17-6-7(15)4-11-9(16)8-5-14(3-2-10)13-12-8/h5,7,15H,2-4,6,10H2,1H3,(H,11,16). The number of hydrogen-bond acceptors (Lipinski definition) is 6. The van der Waals surface area contributed by atoms with Gasteiger partial charge in [-0.15, -0.1) is 5.10 Å². The van der Waals surface area contributed by atoms with Crippen LogP contribution < -0.4 is 11.1 Å². The number of nitrogens with zero attached hydrogens (tertiary/aromatic N) is 3. The lowest BCUT2D eigenvalue weighted by Gasteiger charge is -2.09. The van der Waals surface area contributed by atoms with Crippen molar-refractivity contribution in [2.24, 2.45) is 5.73 Å². The molecule has 4 N–H and O–H groups in total. The number of hydrogen-bond donors (Lipinski definition) is 3. The molecule has 1 unspecified atom stereocenters. The third-order valence-electron chi connectivity index (χ3n) is 1.99. The summed E-state index contributed by atoms with van der Waals surface area (Å²) in [5.74, 6) is -0.386. The van der Waals surface area contributed by atoms with E-state index in [0.717, 1.165) is 0 Å². The third-order valence-corrected chi connectivity index (χ3v) is 1.99. The van der Waals surface area contributed by atoms with E-state index in [1.807, 2.05) is 0 Å². The van der Waals surface area contributed by atoms with E-state index in [1.165, 1.54) is 18.0 Å². The number of methoxy groups -OCH3 is 1. The highest BCUT2D eigenvalue weighted by Gasteiger charge is 2.12. The predicted molar refractivity (Wildman–Crippen MR) is 59.3 cm³/mol. The van der Waals surface area contributed by atoms with Crippen LogP contribution in [0.2, 0.25) is 0 Å². The van der Waals surface area contributed by atoms with Gasteiger partial charge in [0.25, 0.3) is 5.91 Å². The van der Waals surface area contributed by atoms with Gasteiger partial charge in [-0.3, -0.25) is 9.48 Å². The van der Waals surface area contributed by atoms with Crippen molar-refractivity contribution in [1.82, 2.24) is 20.3 Å². The summed E-state index contributed by atoms with van der Waals surface area (Å²) in [6.07, 6.45) is 0.772. The summed E-state index contributed by atoms with van der Waals surface area (Å²) in [6, 6.07) is 0. The molecule has 0 fully saturated rings. The van der Waals surface area contributed by atoms with Crippen molar-refractivity contribution in [3.63, 3.8) is 0 Å². The van der Waals surface area contributed by atoms with Gasteiger partial charge in [0.05, 0.1) is 25.5 Å². The number of carbonyl (C=O) groups is 1. The molecule has 1 aromatic rings. The van der Waals surface area contributed by atoms with Gasteiger partial charge >= 0.3 is 0 Å². The summed E-state index contributed by atoms with van der Waals surface area (Å²) >= 11 is 0. The van der Waals surface area contributed by atoms with E-state index in [-0.39, 0.29) is 24.8 Å². The van der Waals surface area contributed by atoms with Crippen LogP contribution in [0.3, 0.4) is 0 Å². The van der Waals surface area contributed by atoms with Crippen molar-refractivity contribution in [1.29, 1.82) is 0 Å².